The number of fused-ring (bicyclic) bond motifs is 2. The lowest BCUT2D eigenvalue weighted by molar-refractivity contribution is -0.244. The lowest BCUT2D eigenvalue weighted by Crippen LogP contribution is -2.77. The Morgan fingerprint density at radius 3 is 2.43 bits per heavy atom. The maximum atomic E-state index is 16.4. The number of aliphatic hydroxyl groups excluding tert-OH is 3. The van der Waals surface area contributed by atoms with Crippen LogP contribution in [0.5, 0.6) is 5.75 Å². The first kappa shape index (κ1) is 53.5. The van der Waals surface area contributed by atoms with Crippen molar-refractivity contribution in [1.29, 1.82) is 0 Å². The molecule has 0 radical (unpaired) electrons. The maximum Gasteiger partial charge on any atom is 0.160 e. The van der Waals surface area contributed by atoms with Crippen molar-refractivity contribution in [3.8, 4) is 5.75 Å². The molecule has 11 nitrogen and oxygen atoms in total. The second-order valence-electron chi connectivity index (χ2n) is 28.9. The van der Waals surface area contributed by atoms with Crippen LogP contribution in [-0.2, 0) is 26.3 Å². The number of ether oxygens (including phenoxy) is 1. The Bertz CT molecular complexity index is 2650. The van der Waals surface area contributed by atoms with Gasteiger partial charge in [0.1, 0.15) is 17.6 Å². The Morgan fingerprint density at radius 2 is 1.67 bits per heavy atom. The SMILES string of the molecule is CNCc1cc(O)cc([C@]23CC[C@]45C[C@@]67[C@@H](CO)CC[C@H]8CC[C@H](CO)C[C@H]8[C@H](C[C@@H](O)[C@H]8O[C@]8(C)[C@@H]8CCC[C@H]8c8cccc(N)c8)C8=C(CC[C@@H]6[C@](C)(C2)[C@@H]4[C@@](C)(CCCC[C@](C)(O)CN5)C3=O)[C@]7(C)CC8=O)c1. The summed E-state index contributed by atoms with van der Waals surface area (Å²) >= 11 is 0. The van der Waals surface area contributed by atoms with E-state index in [4.69, 9.17) is 10.5 Å². The third kappa shape index (κ3) is 7.77. The molecule has 2 aromatic carbocycles. The van der Waals surface area contributed by atoms with E-state index in [0.29, 0.717) is 69.7 Å². The van der Waals surface area contributed by atoms with Crippen molar-refractivity contribution in [3.63, 3.8) is 0 Å². The zero-order chi connectivity index (χ0) is 53.6. The molecule has 0 amide bonds. The minimum atomic E-state index is -0.969. The molecule has 19 atom stereocenters. The van der Waals surface area contributed by atoms with Gasteiger partial charge in [0.2, 0.25) is 0 Å². The molecular formula is C65H93N3O8. The number of Topliss-reactive ketones (excluding diaryl/α,β-unsaturated/α-hetero) is 2. The van der Waals surface area contributed by atoms with Gasteiger partial charge in [-0.15, -0.1) is 0 Å². The number of nitrogen functional groups attached to an aromatic ring is 1. The topological polar surface area (TPSA) is 198 Å². The van der Waals surface area contributed by atoms with Crippen molar-refractivity contribution in [1.82, 2.24) is 10.6 Å². The van der Waals surface area contributed by atoms with Crippen LogP contribution in [0.15, 0.2) is 53.6 Å². The van der Waals surface area contributed by atoms with E-state index in [-0.39, 0.29) is 78.2 Å². The van der Waals surface area contributed by atoms with Crippen molar-refractivity contribution in [2.45, 2.75) is 210 Å². The van der Waals surface area contributed by atoms with E-state index in [2.05, 4.69) is 56.5 Å². The molecule has 7 saturated carbocycles. The molecule has 9 fully saturated rings. The molecule has 9 aliphatic carbocycles. The number of hydrogen-bond acceptors (Lipinski definition) is 11. The molecule has 2 aliphatic heterocycles. The summed E-state index contributed by atoms with van der Waals surface area (Å²) in [4.78, 5) is 32.4. The van der Waals surface area contributed by atoms with Crippen molar-refractivity contribution < 1.29 is 39.9 Å². The number of hydrogen-bond donors (Lipinski definition) is 8. The Morgan fingerprint density at radius 1 is 0.882 bits per heavy atom. The second kappa shape index (κ2) is 18.7. The van der Waals surface area contributed by atoms with Crippen LogP contribution in [0.4, 0.5) is 5.69 Å². The number of benzene rings is 2. The zero-order valence-corrected chi connectivity index (χ0v) is 46.9. The molecule has 416 valence electrons. The number of rotatable bonds is 10. The summed E-state index contributed by atoms with van der Waals surface area (Å²) in [6.07, 6.45) is 14.5. The van der Waals surface area contributed by atoms with E-state index in [1.54, 1.807) is 0 Å². The van der Waals surface area contributed by atoms with E-state index in [1.165, 1.54) is 11.1 Å². The minimum absolute atomic E-state index is 0.00679. The summed E-state index contributed by atoms with van der Waals surface area (Å²) in [7, 11) is 1.91. The van der Waals surface area contributed by atoms with Gasteiger partial charge in [-0.2, -0.15) is 0 Å². The molecule has 11 aliphatic rings. The number of aromatic hydroxyl groups is 1. The predicted molar refractivity (Wildman–Crippen MR) is 295 cm³/mol. The van der Waals surface area contributed by atoms with Crippen LogP contribution < -0.4 is 16.4 Å². The quantitative estimate of drug-likeness (QED) is 0.0833. The molecule has 76 heavy (non-hydrogen) atoms. The summed E-state index contributed by atoms with van der Waals surface area (Å²) in [6.45, 7) is 12.5. The Hall–Kier alpha value is -3.16. The highest BCUT2D eigenvalue weighted by Crippen LogP contribution is 2.82. The van der Waals surface area contributed by atoms with E-state index >= 15 is 9.59 Å². The number of ketones is 2. The van der Waals surface area contributed by atoms with Crippen molar-refractivity contribution in [3.05, 3.63) is 70.3 Å². The monoisotopic (exact) mass is 1040 g/mol. The highest BCUT2D eigenvalue weighted by atomic mass is 16.6. The van der Waals surface area contributed by atoms with Crippen LogP contribution in [0, 0.1) is 69.0 Å². The number of phenols is 1. The fourth-order valence-corrected chi connectivity index (χ4v) is 22.2. The molecule has 0 unspecified atom stereocenters. The van der Waals surface area contributed by atoms with E-state index < -0.39 is 49.9 Å². The third-order valence-corrected chi connectivity index (χ3v) is 24.9. The van der Waals surface area contributed by atoms with Gasteiger partial charge in [0.25, 0.3) is 0 Å². The van der Waals surface area contributed by atoms with E-state index in [0.717, 1.165) is 106 Å². The van der Waals surface area contributed by atoms with Gasteiger partial charge in [-0.05, 0) is 234 Å². The predicted octanol–water partition coefficient (Wildman–Crippen LogP) is 9.59. The number of nitrogens with one attached hydrogen (secondary N) is 2. The van der Waals surface area contributed by atoms with Crippen LogP contribution >= 0.6 is 0 Å². The fraction of sp³-hybridized carbons (Fsp3) is 0.754. The first-order valence-corrected chi connectivity index (χ1v) is 30.4. The van der Waals surface area contributed by atoms with Gasteiger partial charge in [0.05, 0.1) is 22.7 Å². The second-order valence-corrected chi connectivity index (χ2v) is 28.9. The number of β-amino-alcohol motifs (C(OH)–C–C–N with tert-alkyl or cyclic N) is 1. The van der Waals surface area contributed by atoms with Crippen molar-refractivity contribution in [2.75, 3.05) is 32.5 Å². The minimum Gasteiger partial charge on any atom is -0.508 e. The summed E-state index contributed by atoms with van der Waals surface area (Å²) in [5, 5.41) is 67.5. The van der Waals surface area contributed by atoms with Gasteiger partial charge in [0, 0.05) is 54.8 Å². The third-order valence-electron chi connectivity index (χ3n) is 24.9. The van der Waals surface area contributed by atoms with E-state index in [9.17, 15) is 25.5 Å². The van der Waals surface area contributed by atoms with Gasteiger partial charge in [0.15, 0.2) is 5.78 Å². The number of nitrogens with two attached hydrogens (primary N) is 1. The number of allylic oxidation sites excluding steroid dienone is 2. The molecule has 0 aromatic heterocycles. The molecular weight excluding hydrogens is 951 g/mol. The zero-order valence-electron chi connectivity index (χ0n) is 46.9. The Kier molecular flexibility index (Phi) is 13.2. The van der Waals surface area contributed by atoms with Crippen LogP contribution in [-0.4, -0.2) is 92.9 Å². The standard InChI is InChI=1S/C65H93N3O8/c1-58(75)21-7-8-22-59(2)56-60(3)35-63(57(59)74,43-25-39(32-67-6)26-45(71)29-43)23-24-64(56,68-37-58)36-65-42(34-70)18-17-40-16-15-38(33-69)27-47(40)48(54-50(19-20-53(60)65)61(65,4)31-52(54)73)30-51(72)55-62(5,76-55)49-14-10-13-46(49)41-11-9-12-44(66)28-41/h9,11-12,25-26,28-29,38,40,42,46-49,51,53,55-56,67-72,75H,7-8,10,13-24,27,30-37,66H2,1-6H3/t38-,40+,42+,46-,47+,48-,49+,51+,53+,55+,56-,58-,59+,60-,61-,62+,63-,64-,65+/m0/s1. The smallest absolute Gasteiger partial charge is 0.160 e. The first-order valence-electron chi connectivity index (χ1n) is 30.4. The number of carbonyl (C=O) groups is 2. The molecule has 9 bridgehead atoms. The van der Waals surface area contributed by atoms with Crippen LogP contribution in [0.25, 0.3) is 0 Å². The number of epoxide rings is 1. The molecule has 13 rings (SSSR count). The summed E-state index contributed by atoms with van der Waals surface area (Å²) in [5.41, 5.74) is 7.09. The van der Waals surface area contributed by atoms with Gasteiger partial charge in [-0.3, -0.25) is 9.59 Å². The van der Waals surface area contributed by atoms with Crippen LogP contribution in [0.3, 0.4) is 0 Å². The van der Waals surface area contributed by atoms with Crippen molar-refractivity contribution in [2.24, 2.45) is 69.0 Å². The molecule has 9 N–H and O–H groups in total. The maximum absolute atomic E-state index is 16.4. The molecule has 1 spiro atoms. The lowest BCUT2D eigenvalue weighted by atomic mass is 9.29. The number of phenolic OH excluding ortho intramolecular Hbond substituents is 1. The van der Waals surface area contributed by atoms with Crippen LogP contribution in [0.2, 0.25) is 0 Å². The Balaban J connectivity index is 1.01. The largest absolute Gasteiger partial charge is 0.508 e. The van der Waals surface area contributed by atoms with Gasteiger partial charge in [-0.25, -0.2) is 0 Å². The summed E-state index contributed by atoms with van der Waals surface area (Å²) in [5.74, 6) is 1.37. The summed E-state index contributed by atoms with van der Waals surface area (Å²) in [6, 6.07) is 14.2. The first-order chi connectivity index (χ1) is 36.2. The average Bonchev–Trinajstić information content (AvgIpc) is 3.94. The molecule has 2 aromatic rings. The Labute approximate surface area is 453 Å². The van der Waals surface area contributed by atoms with Gasteiger partial charge in [-0.1, -0.05) is 63.8 Å². The lowest BCUT2D eigenvalue weighted by Gasteiger charge is -2.75. The number of aliphatic hydroxyl groups is 4. The van der Waals surface area contributed by atoms with Crippen molar-refractivity contribution >= 4 is 17.3 Å². The normalized spacial score (nSPS) is 47.2. The number of carbonyl (C=O) groups excluding carboxylic acids is 2. The highest BCUT2D eigenvalue weighted by Gasteiger charge is 2.81. The summed E-state index contributed by atoms with van der Waals surface area (Å²) < 4.78 is 6.80. The molecule has 2 saturated heterocycles. The number of anilines is 1. The highest BCUT2D eigenvalue weighted by molar-refractivity contribution is 6.01. The molecule has 11 heteroatoms. The van der Waals surface area contributed by atoms with E-state index in [1.807, 2.05) is 38.2 Å². The van der Waals surface area contributed by atoms with Gasteiger partial charge >= 0.3 is 0 Å². The van der Waals surface area contributed by atoms with Gasteiger partial charge < -0.3 is 46.6 Å². The average molecular weight is 1040 g/mol. The molecule has 2 heterocycles. The van der Waals surface area contributed by atoms with Crippen LogP contribution in [0.1, 0.15) is 186 Å². The fourth-order valence-electron chi connectivity index (χ4n) is 22.2.